The quantitative estimate of drug-likeness (QED) is 0.771. The Hall–Kier alpha value is -2.08. The fraction of sp³-hybridized carbons (Fsp3) is 0.476. The Balaban J connectivity index is 1.83. The summed E-state index contributed by atoms with van der Waals surface area (Å²) in [5.41, 5.74) is 4.27. The van der Waals surface area contributed by atoms with Gasteiger partial charge in [0, 0.05) is 17.7 Å². The minimum Gasteiger partial charge on any atom is -0.328 e. The Labute approximate surface area is 164 Å². The van der Waals surface area contributed by atoms with Crippen LogP contribution in [-0.4, -0.2) is 26.3 Å². The second-order valence-corrected chi connectivity index (χ2v) is 9.00. The zero-order valence-corrected chi connectivity index (χ0v) is 17.1. The summed E-state index contributed by atoms with van der Waals surface area (Å²) < 4.78 is 1.90. The summed E-state index contributed by atoms with van der Waals surface area (Å²) in [6.07, 6.45) is 1.48. The number of aromatic nitrogens is 3. The van der Waals surface area contributed by atoms with E-state index in [0.29, 0.717) is 18.3 Å². The Morgan fingerprint density at radius 3 is 2.67 bits per heavy atom. The van der Waals surface area contributed by atoms with Gasteiger partial charge in [0.1, 0.15) is 6.04 Å². The predicted molar refractivity (Wildman–Crippen MR) is 109 cm³/mol. The molecule has 0 fully saturated rings. The molecule has 1 aromatic heterocycles. The maximum Gasteiger partial charge on any atom is 0.227 e. The van der Waals surface area contributed by atoms with E-state index in [1.54, 1.807) is 11.8 Å². The van der Waals surface area contributed by atoms with E-state index in [9.17, 15) is 4.79 Å². The monoisotopic (exact) mass is 382 g/mol. The van der Waals surface area contributed by atoms with Crippen molar-refractivity contribution in [3.63, 3.8) is 0 Å². The lowest BCUT2D eigenvalue weighted by Gasteiger charge is -2.34. The third kappa shape index (κ3) is 3.31. The molecule has 1 aromatic carbocycles. The van der Waals surface area contributed by atoms with E-state index in [4.69, 9.17) is 5.10 Å². The lowest BCUT2D eigenvalue weighted by molar-refractivity contribution is -0.117. The molecule has 27 heavy (non-hydrogen) atoms. The molecule has 2 heterocycles. The molecule has 2 atom stereocenters. The number of fused-ring (bicyclic) bond motifs is 1. The van der Waals surface area contributed by atoms with E-state index in [1.807, 2.05) is 4.68 Å². The number of allylic oxidation sites excluding steroid dienone is 2. The highest BCUT2D eigenvalue weighted by molar-refractivity contribution is 7.99. The molecular formula is C21H26N4OS. The van der Waals surface area contributed by atoms with E-state index >= 15 is 0 Å². The number of carbonyl (C=O) groups excluding carboxylic acids is 1. The highest BCUT2D eigenvalue weighted by atomic mass is 32.2. The molecule has 142 valence electrons. The van der Waals surface area contributed by atoms with Crippen molar-refractivity contribution in [2.75, 3.05) is 11.1 Å². The molecule has 0 bridgehead atoms. The Kier molecular flexibility index (Phi) is 4.84. The topological polar surface area (TPSA) is 59.8 Å². The van der Waals surface area contributed by atoms with Gasteiger partial charge < -0.3 is 5.32 Å². The molecule has 4 rings (SSSR count). The Bertz CT molecular complexity index is 897. The average Bonchev–Trinajstić information content (AvgIpc) is 3.02. The summed E-state index contributed by atoms with van der Waals surface area (Å²) >= 11 is 1.62. The maximum atomic E-state index is 13.0. The fourth-order valence-electron chi connectivity index (χ4n) is 3.95. The van der Waals surface area contributed by atoms with Crippen LogP contribution in [0.15, 0.2) is 40.7 Å². The summed E-state index contributed by atoms with van der Waals surface area (Å²) in [6, 6.07) is 8.40. The van der Waals surface area contributed by atoms with E-state index in [0.717, 1.165) is 40.1 Å². The first kappa shape index (κ1) is 18.3. The number of Topliss-reactive ketones (excluding diaryl/α,β-unsaturated/α-hetero) is 1. The van der Waals surface area contributed by atoms with Crippen LogP contribution < -0.4 is 5.32 Å². The molecule has 1 N–H and O–H groups in total. The molecular weight excluding hydrogens is 356 g/mol. The van der Waals surface area contributed by atoms with Crippen LogP contribution in [0.5, 0.6) is 0 Å². The smallest absolute Gasteiger partial charge is 0.227 e. The summed E-state index contributed by atoms with van der Waals surface area (Å²) in [5, 5.41) is 8.88. The van der Waals surface area contributed by atoms with E-state index in [-0.39, 0.29) is 11.8 Å². The van der Waals surface area contributed by atoms with Gasteiger partial charge in [-0.25, -0.2) is 4.68 Å². The summed E-state index contributed by atoms with van der Waals surface area (Å²) in [6.45, 7) is 8.61. The second-order valence-electron chi connectivity index (χ2n) is 7.77. The number of nitrogens with one attached hydrogen (secondary N) is 1. The molecule has 0 saturated heterocycles. The van der Waals surface area contributed by atoms with Gasteiger partial charge >= 0.3 is 0 Å². The Morgan fingerprint density at radius 1 is 1.26 bits per heavy atom. The van der Waals surface area contributed by atoms with Gasteiger partial charge in [0.15, 0.2) is 5.78 Å². The lowest BCUT2D eigenvalue weighted by Crippen LogP contribution is -2.33. The number of thioether (sulfide) groups is 1. The zero-order chi connectivity index (χ0) is 19.1. The molecule has 5 nitrogen and oxygen atoms in total. The first-order valence-corrected chi connectivity index (χ1v) is 10.7. The highest BCUT2D eigenvalue weighted by Crippen LogP contribution is 2.42. The standard InChI is InChI=1S/C21H26N4OS/c1-5-27-21-23-20-22-16-10-13(4)11-17(26)18(16)19(25(20)24-21)15-8-6-14(7-9-15)12(2)3/h6-9,12-13,19H,5,10-11H2,1-4H3,(H,22,23,24)/t13-,19-/m1/s1. The van der Waals surface area contributed by atoms with Crippen LogP contribution in [0.25, 0.3) is 0 Å². The van der Waals surface area contributed by atoms with Crippen LogP contribution in [0.4, 0.5) is 5.95 Å². The molecule has 0 radical (unpaired) electrons. The number of carbonyl (C=O) groups is 1. The van der Waals surface area contributed by atoms with Crippen molar-refractivity contribution in [2.24, 2.45) is 5.92 Å². The largest absolute Gasteiger partial charge is 0.328 e. The lowest BCUT2D eigenvalue weighted by atomic mass is 9.81. The summed E-state index contributed by atoms with van der Waals surface area (Å²) in [7, 11) is 0. The van der Waals surface area contributed by atoms with Gasteiger partial charge in [-0.1, -0.05) is 63.7 Å². The molecule has 2 aliphatic rings. The summed E-state index contributed by atoms with van der Waals surface area (Å²) in [5.74, 6) is 2.71. The molecule has 1 aliphatic carbocycles. The van der Waals surface area contributed by atoms with E-state index in [1.165, 1.54) is 5.56 Å². The average molecular weight is 383 g/mol. The second kappa shape index (κ2) is 7.15. The van der Waals surface area contributed by atoms with Gasteiger partial charge in [-0.3, -0.25) is 4.79 Å². The number of anilines is 1. The van der Waals surface area contributed by atoms with Gasteiger partial charge in [-0.15, -0.1) is 5.10 Å². The fourth-order valence-corrected chi connectivity index (χ4v) is 4.50. The number of nitrogens with zero attached hydrogens (tertiary/aromatic N) is 3. The third-order valence-corrected chi connectivity index (χ3v) is 6.02. The molecule has 0 unspecified atom stereocenters. The van der Waals surface area contributed by atoms with E-state index in [2.05, 4.69) is 62.3 Å². The molecule has 0 spiro atoms. The minimum atomic E-state index is -0.198. The number of benzene rings is 1. The van der Waals surface area contributed by atoms with Gasteiger partial charge in [-0.2, -0.15) is 4.98 Å². The first-order chi connectivity index (χ1) is 13.0. The number of hydrogen-bond acceptors (Lipinski definition) is 5. The van der Waals surface area contributed by atoms with Crippen molar-refractivity contribution in [3.05, 3.63) is 46.7 Å². The van der Waals surface area contributed by atoms with Crippen LogP contribution in [-0.2, 0) is 4.79 Å². The van der Waals surface area contributed by atoms with Crippen molar-refractivity contribution in [1.29, 1.82) is 0 Å². The highest BCUT2D eigenvalue weighted by Gasteiger charge is 2.38. The molecule has 0 amide bonds. The molecule has 6 heteroatoms. The third-order valence-electron chi connectivity index (χ3n) is 5.30. The van der Waals surface area contributed by atoms with Crippen molar-refractivity contribution in [2.45, 2.75) is 57.7 Å². The normalized spacial score (nSPS) is 21.9. The minimum absolute atomic E-state index is 0.198. The van der Waals surface area contributed by atoms with Crippen LogP contribution in [0, 0.1) is 5.92 Å². The number of rotatable bonds is 4. The van der Waals surface area contributed by atoms with Gasteiger partial charge in [0.2, 0.25) is 11.1 Å². The van der Waals surface area contributed by atoms with Crippen molar-refractivity contribution in [3.8, 4) is 0 Å². The first-order valence-electron chi connectivity index (χ1n) is 9.70. The van der Waals surface area contributed by atoms with Crippen molar-refractivity contribution >= 4 is 23.5 Å². The number of ketones is 1. The van der Waals surface area contributed by atoms with Crippen LogP contribution in [0.2, 0.25) is 0 Å². The molecule has 2 aromatic rings. The van der Waals surface area contributed by atoms with Crippen molar-refractivity contribution < 1.29 is 4.79 Å². The maximum absolute atomic E-state index is 13.0. The van der Waals surface area contributed by atoms with Gasteiger partial charge in [0.05, 0.1) is 0 Å². The van der Waals surface area contributed by atoms with Crippen LogP contribution >= 0.6 is 11.8 Å². The SMILES string of the molecule is CCSc1nc2n(n1)[C@H](c1ccc(C(C)C)cc1)C1=C(C[C@@H](C)CC1=O)N2. The predicted octanol–water partition coefficient (Wildman–Crippen LogP) is 4.78. The van der Waals surface area contributed by atoms with Gasteiger partial charge in [-0.05, 0) is 35.1 Å². The Morgan fingerprint density at radius 2 is 2.00 bits per heavy atom. The van der Waals surface area contributed by atoms with E-state index < -0.39 is 0 Å². The molecule has 1 aliphatic heterocycles. The van der Waals surface area contributed by atoms with Crippen molar-refractivity contribution in [1.82, 2.24) is 14.8 Å². The zero-order valence-electron chi connectivity index (χ0n) is 16.3. The van der Waals surface area contributed by atoms with Crippen LogP contribution in [0.1, 0.15) is 63.6 Å². The molecule has 0 saturated carbocycles. The van der Waals surface area contributed by atoms with Crippen LogP contribution in [0.3, 0.4) is 0 Å². The van der Waals surface area contributed by atoms with Gasteiger partial charge in [0.25, 0.3) is 0 Å². The number of hydrogen-bond donors (Lipinski definition) is 1. The summed E-state index contributed by atoms with van der Waals surface area (Å²) in [4.78, 5) is 17.6.